The smallest absolute Gasteiger partial charge is 0.0813 e. The minimum absolute atomic E-state index is 0.306. The van der Waals surface area contributed by atoms with E-state index >= 15 is 0 Å². The SMILES string of the molecule is C1CC(COC[C@@H]2CC[C@H]3[C@H](CCN3C[C@H]3CCOC3)O2)CCO1. The molecule has 4 fully saturated rings. The summed E-state index contributed by atoms with van der Waals surface area (Å²) in [6.07, 6.45) is 7.87. The molecule has 4 heterocycles. The predicted molar refractivity (Wildman–Crippen MR) is 91.2 cm³/mol. The van der Waals surface area contributed by atoms with E-state index < -0.39 is 0 Å². The van der Waals surface area contributed by atoms with Crippen molar-refractivity contribution in [2.75, 3.05) is 52.7 Å². The van der Waals surface area contributed by atoms with Gasteiger partial charge in [0.25, 0.3) is 0 Å². The topological polar surface area (TPSA) is 40.2 Å². The summed E-state index contributed by atoms with van der Waals surface area (Å²) in [5, 5.41) is 0. The molecule has 24 heavy (non-hydrogen) atoms. The summed E-state index contributed by atoms with van der Waals surface area (Å²) in [5.41, 5.74) is 0. The van der Waals surface area contributed by atoms with Gasteiger partial charge >= 0.3 is 0 Å². The predicted octanol–water partition coefficient (Wildman–Crippen LogP) is 2.09. The lowest BCUT2D eigenvalue weighted by atomic mass is 9.98. The van der Waals surface area contributed by atoms with E-state index in [4.69, 9.17) is 18.9 Å². The van der Waals surface area contributed by atoms with Gasteiger partial charge in [0, 0.05) is 45.6 Å². The van der Waals surface area contributed by atoms with Gasteiger partial charge in [-0.15, -0.1) is 0 Å². The molecule has 0 N–H and O–H groups in total. The molecule has 5 heteroatoms. The zero-order valence-corrected chi connectivity index (χ0v) is 14.9. The van der Waals surface area contributed by atoms with Crippen LogP contribution in [0.1, 0.15) is 38.5 Å². The van der Waals surface area contributed by atoms with Crippen LogP contribution in [0.25, 0.3) is 0 Å². The second kappa shape index (κ2) is 8.45. The van der Waals surface area contributed by atoms with Crippen LogP contribution < -0.4 is 0 Å². The Hall–Kier alpha value is -0.200. The van der Waals surface area contributed by atoms with Crippen LogP contribution in [0.15, 0.2) is 0 Å². The maximum absolute atomic E-state index is 6.37. The van der Waals surface area contributed by atoms with Crippen LogP contribution in [0.5, 0.6) is 0 Å². The zero-order valence-electron chi connectivity index (χ0n) is 14.9. The largest absolute Gasteiger partial charge is 0.381 e. The van der Waals surface area contributed by atoms with Crippen molar-refractivity contribution in [3.05, 3.63) is 0 Å². The first-order chi connectivity index (χ1) is 11.9. The lowest BCUT2D eigenvalue weighted by Gasteiger charge is -2.36. The molecule has 0 amide bonds. The van der Waals surface area contributed by atoms with Crippen molar-refractivity contribution in [2.45, 2.75) is 56.8 Å². The molecule has 4 aliphatic rings. The highest BCUT2D eigenvalue weighted by atomic mass is 16.5. The minimum atomic E-state index is 0.306. The number of likely N-dealkylation sites (tertiary alicyclic amines) is 1. The fraction of sp³-hybridized carbons (Fsp3) is 1.00. The molecular formula is C19H33NO4. The lowest BCUT2D eigenvalue weighted by Crippen LogP contribution is -2.45. The number of fused-ring (bicyclic) bond motifs is 1. The quantitative estimate of drug-likeness (QED) is 0.741. The van der Waals surface area contributed by atoms with Crippen LogP contribution in [-0.4, -0.2) is 75.9 Å². The van der Waals surface area contributed by atoms with Gasteiger partial charge in [0.2, 0.25) is 0 Å². The standard InChI is InChI=1S/C19H33NO4/c1-2-18-19(3-7-20(18)11-16-6-10-22-13-16)24-17(1)14-23-12-15-4-8-21-9-5-15/h15-19H,1-14H2/t16-,17+,18+,19+/m1/s1. The average molecular weight is 339 g/mol. The number of rotatable bonds is 6. The number of hydrogen-bond acceptors (Lipinski definition) is 5. The van der Waals surface area contributed by atoms with Crippen molar-refractivity contribution < 1.29 is 18.9 Å². The molecule has 5 nitrogen and oxygen atoms in total. The molecular weight excluding hydrogens is 306 g/mol. The van der Waals surface area contributed by atoms with Gasteiger partial charge < -0.3 is 18.9 Å². The first-order valence-electron chi connectivity index (χ1n) is 10.0. The van der Waals surface area contributed by atoms with Gasteiger partial charge in [-0.05, 0) is 50.4 Å². The fourth-order valence-electron chi connectivity index (χ4n) is 4.77. The van der Waals surface area contributed by atoms with E-state index in [2.05, 4.69) is 4.90 Å². The molecule has 0 spiro atoms. The Labute approximate surface area is 145 Å². The van der Waals surface area contributed by atoms with Gasteiger partial charge in [0.05, 0.1) is 25.4 Å². The Morgan fingerprint density at radius 1 is 0.833 bits per heavy atom. The summed E-state index contributed by atoms with van der Waals surface area (Å²) >= 11 is 0. The highest BCUT2D eigenvalue weighted by molar-refractivity contribution is 4.93. The molecule has 0 aromatic rings. The van der Waals surface area contributed by atoms with E-state index in [-0.39, 0.29) is 0 Å². The monoisotopic (exact) mass is 339 g/mol. The molecule has 0 aromatic heterocycles. The lowest BCUT2D eigenvalue weighted by molar-refractivity contribution is -0.105. The van der Waals surface area contributed by atoms with E-state index in [0.717, 1.165) is 64.8 Å². The van der Waals surface area contributed by atoms with Crippen molar-refractivity contribution in [1.29, 1.82) is 0 Å². The summed E-state index contributed by atoms with van der Waals surface area (Å²) in [7, 11) is 0. The third-order valence-corrected chi connectivity index (χ3v) is 6.27. The Balaban J connectivity index is 1.16. The molecule has 4 aliphatic heterocycles. The van der Waals surface area contributed by atoms with Crippen LogP contribution in [0.4, 0.5) is 0 Å². The molecule has 4 rings (SSSR count). The first kappa shape index (κ1) is 17.2. The van der Waals surface area contributed by atoms with Gasteiger partial charge in [-0.3, -0.25) is 4.90 Å². The summed E-state index contributed by atoms with van der Waals surface area (Å²) in [6.45, 7) is 7.77. The Bertz CT molecular complexity index is 382. The van der Waals surface area contributed by atoms with E-state index in [0.29, 0.717) is 24.2 Å². The van der Waals surface area contributed by atoms with Gasteiger partial charge in [-0.1, -0.05) is 0 Å². The van der Waals surface area contributed by atoms with Gasteiger partial charge in [-0.25, -0.2) is 0 Å². The maximum atomic E-state index is 6.37. The van der Waals surface area contributed by atoms with Crippen LogP contribution in [0, 0.1) is 11.8 Å². The molecule has 0 aromatic carbocycles. The van der Waals surface area contributed by atoms with E-state index in [9.17, 15) is 0 Å². The van der Waals surface area contributed by atoms with Crippen molar-refractivity contribution in [1.82, 2.24) is 4.90 Å². The third kappa shape index (κ3) is 4.31. The Kier molecular flexibility index (Phi) is 6.07. The molecule has 0 radical (unpaired) electrons. The molecule has 138 valence electrons. The van der Waals surface area contributed by atoms with Crippen molar-refractivity contribution in [3.63, 3.8) is 0 Å². The number of nitrogens with zero attached hydrogens (tertiary/aromatic N) is 1. The van der Waals surface area contributed by atoms with Crippen LogP contribution >= 0.6 is 0 Å². The summed E-state index contributed by atoms with van der Waals surface area (Å²) in [6, 6.07) is 0.636. The van der Waals surface area contributed by atoms with Crippen molar-refractivity contribution in [3.8, 4) is 0 Å². The first-order valence-corrected chi connectivity index (χ1v) is 10.0. The Morgan fingerprint density at radius 2 is 1.67 bits per heavy atom. The number of ether oxygens (including phenoxy) is 4. The molecule has 0 unspecified atom stereocenters. The van der Waals surface area contributed by atoms with E-state index in [1.54, 1.807) is 0 Å². The molecule has 4 atom stereocenters. The third-order valence-electron chi connectivity index (χ3n) is 6.27. The van der Waals surface area contributed by atoms with E-state index in [1.807, 2.05) is 0 Å². The highest BCUT2D eigenvalue weighted by Crippen LogP contribution is 2.33. The van der Waals surface area contributed by atoms with Gasteiger partial charge in [-0.2, -0.15) is 0 Å². The fourth-order valence-corrected chi connectivity index (χ4v) is 4.77. The molecule has 0 saturated carbocycles. The second-order valence-electron chi connectivity index (χ2n) is 8.05. The normalized spacial score (nSPS) is 38.5. The van der Waals surface area contributed by atoms with Crippen molar-refractivity contribution >= 4 is 0 Å². The van der Waals surface area contributed by atoms with Crippen LogP contribution in [0.3, 0.4) is 0 Å². The zero-order chi connectivity index (χ0) is 16.2. The maximum Gasteiger partial charge on any atom is 0.0813 e. The Morgan fingerprint density at radius 3 is 2.50 bits per heavy atom. The second-order valence-corrected chi connectivity index (χ2v) is 8.05. The molecule has 0 aliphatic carbocycles. The van der Waals surface area contributed by atoms with Crippen molar-refractivity contribution in [2.24, 2.45) is 11.8 Å². The summed E-state index contributed by atoms with van der Waals surface area (Å²) in [4.78, 5) is 2.67. The highest BCUT2D eigenvalue weighted by Gasteiger charge is 2.40. The van der Waals surface area contributed by atoms with Gasteiger partial charge in [0.1, 0.15) is 0 Å². The summed E-state index contributed by atoms with van der Waals surface area (Å²) in [5.74, 6) is 1.43. The average Bonchev–Trinajstić information content (AvgIpc) is 3.26. The molecule has 4 saturated heterocycles. The van der Waals surface area contributed by atoms with Crippen LogP contribution in [-0.2, 0) is 18.9 Å². The van der Waals surface area contributed by atoms with Crippen LogP contribution in [0.2, 0.25) is 0 Å². The molecule has 0 bridgehead atoms. The number of hydrogen-bond donors (Lipinski definition) is 0. The van der Waals surface area contributed by atoms with E-state index in [1.165, 1.54) is 32.4 Å². The minimum Gasteiger partial charge on any atom is -0.381 e. The summed E-state index contributed by atoms with van der Waals surface area (Å²) < 4.78 is 23.3. The van der Waals surface area contributed by atoms with Gasteiger partial charge in [0.15, 0.2) is 0 Å².